The summed E-state index contributed by atoms with van der Waals surface area (Å²) in [6, 6.07) is 20.6. The maximum Gasteiger partial charge on any atom is 0.119 e. The highest BCUT2D eigenvalue weighted by atomic mass is 28.2. The third-order valence-electron chi connectivity index (χ3n) is 4.74. The number of hydrogen-bond acceptors (Lipinski definition) is 1. The zero-order valence-electron chi connectivity index (χ0n) is 15.9. The summed E-state index contributed by atoms with van der Waals surface area (Å²) in [5, 5.41) is 1.56. The van der Waals surface area contributed by atoms with Crippen molar-refractivity contribution in [2.45, 2.75) is 70.9 Å². The second-order valence-corrected chi connectivity index (χ2v) is 9.02. The van der Waals surface area contributed by atoms with E-state index in [2.05, 4.69) is 55.5 Å². The Morgan fingerprint density at radius 2 is 1.36 bits per heavy atom. The van der Waals surface area contributed by atoms with E-state index >= 15 is 0 Å². The molecule has 2 rings (SSSR count). The molecule has 0 aliphatic rings. The van der Waals surface area contributed by atoms with Crippen LogP contribution in [0.2, 0.25) is 6.04 Å². The van der Waals surface area contributed by atoms with Crippen LogP contribution in [0.1, 0.15) is 63.9 Å². The molecular weight excluding hydrogens is 320 g/mol. The number of benzene rings is 2. The third kappa shape index (κ3) is 8.92. The molecule has 0 aromatic heterocycles. The van der Waals surface area contributed by atoms with Gasteiger partial charge >= 0.3 is 0 Å². The van der Waals surface area contributed by atoms with Gasteiger partial charge in [0.1, 0.15) is 12.4 Å². The average Bonchev–Trinajstić information content (AvgIpc) is 2.67. The Hall–Kier alpha value is -1.54. The number of unbranched alkanes of at least 4 members (excludes halogenated alkanes) is 7. The molecule has 0 radical (unpaired) electrons. The Balaban J connectivity index is 1.54. The van der Waals surface area contributed by atoms with Gasteiger partial charge in [0.2, 0.25) is 0 Å². The second kappa shape index (κ2) is 12.8. The number of ether oxygens (including phenoxy) is 1. The highest BCUT2D eigenvalue weighted by molar-refractivity contribution is 6.53. The first-order valence-electron chi connectivity index (χ1n) is 10.1. The van der Waals surface area contributed by atoms with Gasteiger partial charge in [-0.05, 0) is 17.7 Å². The van der Waals surface area contributed by atoms with E-state index in [0.717, 1.165) is 5.75 Å². The van der Waals surface area contributed by atoms with Crippen molar-refractivity contribution in [3.63, 3.8) is 0 Å². The molecule has 0 saturated heterocycles. The van der Waals surface area contributed by atoms with Crippen LogP contribution in [0.25, 0.3) is 0 Å². The molecular formula is C23H34OSi. The van der Waals surface area contributed by atoms with Crippen LogP contribution in [0.4, 0.5) is 0 Å². The quantitative estimate of drug-likeness (QED) is 0.335. The van der Waals surface area contributed by atoms with Gasteiger partial charge in [0.05, 0.1) is 9.52 Å². The SMILES string of the molecule is CCCCCCCCCC[SiH2]c1ccc(OCc2ccccc2)cc1. The Labute approximate surface area is 156 Å². The van der Waals surface area contributed by atoms with E-state index < -0.39 is 0 Å². The first-order chi connectivity index (χ1) is 12.4. The molecule has 2 aromatic carbocycles. The molecule has 2 aromatic rings. The van der Waals surface area contributed by atoms with Crippen molar-refractivity contribution in [1.82, 2.24) is 0 Å². The summed E-state index contributed by atoms with van der Waals surface area (Å²) < 4.78 is 5.86. The van der Waals surface area contributed by atoms with E-state index in [1.807, 2.05) is 6.07 Å². The first-order valence-corrected chi connectivity index (χ1v) is 11.8. The summed E-state index contributed by atoms with van der Waals surface area (Å²) in [6.45, 7) is 2.93. The minimum absolute atomic E-state index is 0.0952. The van der Waals surface area contributed by atoms with Crippen molar-refractivity contribution in [2.24, 2.45) is 0 Å². The molecule has 0 fully saturated rings. The largest absolute Gasteiger partial charge is 0.489 e. The van der Waals surface area contributed by atoms with Gasteiger partial charge in [-0.15, -0.1) is 0 Å². The van der Waals surface area contributed by atoms with Crippen molar-refractivity contribution in [3.8, 4) is 5.75 Å². The van der Waals surface area contributed by atoms with E-state index in [9.17, 15) is 0 Å². The standard InChI is InChI=1S/C23H34OSi/c1-2-3-4-5-6-7-8-12-19-25-23-17-15-22(16-18-23)24-20-21-13-10-9-11-14-21/h9-11,13-18H,2-8,12,19-20,25H2,1H3. The maximum atomic E-state index is 5.86. The van der Waals surface area contributed by atoms with Gasteiger partial charge in [0, 0.05) is 0 Å². The lowest BCUT2D eigenvalue weighted by atomic mass is 10.1. The zero-order chi connectivity index (χ0) is 17.6. The fraction of sp³-hybridized carbons (Fsp3) is 0.478. The monoisotopic (exact) mass is 354 g/mol. The van der Waals surface area contributed by atoms with Crippen molar-refractivity contribution in [1.29, 1.82) is 0 Å². The topological polar surface area (TPSA) is 9.23 Å². The fourth-order valence-corrected chi connectivity index (χ4v) is 4.71. The summed E-state index contributed by atoms with van der Waals surface area (Å²) in [7, 11) is -0.0952. The van der Waals surface area contributed by atoms with Crippen LogP contribution in [0.3, 0.4) is 0 Å². The van der Waals surface area contributed by atoms with Gasteiger partial charge < -0.3 is 4.74 Å². The van der Waals surface area contributed by atoms with Crippen LogP contribution in [0.15, 0.2) is 54.6 Å². The molecule has 0 atom stereocenters. The molecule has 1 nitrogen and oxygen atoms in total. The Kier molecular flexibility index (Phi) is 10.1. The van der Waals surface area contributed by atoms with Crippen LogP contribution in [-0.4, -0.2) is 9.52 Å². The summed E-state index contributed by atoms with van der Waals surface area (Å²) in [6.07, 6.45) is 11.4. The van der Waals surface area contributed by atoms with Crippen LogP contribution >= 0.6 is 0 Å². The lowest BCUT2D eigenvalue weighted by Gasteiger charge is -2.07. The van der Waals surface area contributed by atoms with Gasteiger partial charge in [-0.2, -0.15) is 0 Å². The Morgan fingerprint density at radius 1 is 0.720 bits per heavy atom. The minimum Gasteiger partial charge on any atom is -0.489 e. The van der Waals surface area contributed by atoms with E-state index in [1.54, 1.807) is 5.19 Å². The summed E-state index contributed by atoms with van der Waals surface area (Å²) in [4.78, 5) is 0. The van der Waals surface area contributed by atoms with Gasteiger partial charge in [0.25, 0.3) is 0 Å². The molecule has 0 heterocycles. The van der Waals surface area contributed by atoms with Crippen LogP contribution < -0.4 is 9.92 Å². The van der Waals surface area contributed by atoms with Gasteiger partial charge in [0.15, 0.2) is 0 Å². The average molecular weight is 355 g/mol. The molecule has 0 aliphatic carbocycles. The lowest BCUT2D eigenvalue weighted by Crippen LogP contribution is -2.12. The molecule has 0 unspecified atom stereocenters. The van der Waals surface area contributed by atoms with E-state index in [0.29, 0.717) is 6.61 Å². The van der Waals surface area contributed by atoms with E-state index in [1.165, 1.54) is 63.0 Å². The predicted molar refractivity (Wildman–Crippen MR) is 113 cm³/mol. The van der Waals surface area contributed by atoms with Gasteiger partial charge in [-0.3, -0.25) is 0 Å². The Bertz CT molecular complexity index is 550. The second-order valence-electron chi connectivity index (χ2n) is 7.00. The van der Waals surface area contributed by atoms with Gasteiger partial charge in [-0.25, -0.2) is 0 Å². The fourth-order valence-electron chi connectivity index (χ4n) is 3.13. The maximum absolute atomic E-state index is 5.86. The number of hydrogen-bond donors (Lipinski definition) is 0. The summed E-state index contributed by atoms with van der Waals surface area (Å²) in [5.41, 5.74) is 1.22. The lowest BCUT2D eigenvalue weighted by molar-refractivity contribution is 0.306. The van der Waals surface area contributed by atoms with E-state index in [4.69, 9.17) is 4.74 Å². The predicted octanol–water partition coefficient (Wildman–Crippen LogP) is 5.62. The molecule has 2 heteroatoms. The molecule has 0 spiro atoms. The van der Waals surface area contributed by atoms with Crippen molar-refractivity contribution >= 4 is 14.7 Å². The molecule has 136 valence electrons. The van der Waals surface area contributed by atoms with Crippen molar-refractivity contribution in [2.75, 3.05) is 0 Å². The molecule has 0 N–H and O–H groups in total. The molecule has 25 heavy (non-hydrogen) atoms. The van der Waals surface area contributed by atoms with Crippen LogP contribution in [0, 0.1) is 0 Å². The molecule has 0 aliphatic heterocycles. The zero-order valence-corrected chi connectivity index (χ0v) is 17.3. The normalized spacial score (nSPS) is 11.2. The summed E-state index contributed by atoms with van der Waals surface area (Å²) >= 11 is 0. The molecule has 0 saturated carbocycles. The van der Waals surface area contributed by atoms with Crippen LogP contribution in [0.5, 0.6) is 5.75 Å². The highest BCUT2D eigenvalue weighted by Crippen LogP contribution is 2.12. The smallest absolute Gasteiger partial charge is 0.119 e. The van der Waals surface area contributed by atoms with Crippen molar-refractivity contribution < 1.29 is 4.74 Å². The summed E-state index contributed by atoms with van der Waals surface area (Å²) in [5.74, 6) is 0.980. The third-order valence-corrected chi connectivity index (χ3v) is 6.64. The van der Waals surface area contributed by atoms with Crippen molar-refractivity contribution in [3.05, 3.63) is 60.2 Å². The molecule has 0 amide bonds. The number of rotatable bonds is 13. The minimum atomic E-state index is -0.0952. The van der Waals surface area contributed by atoms with Gasteiger partial charge in [-0.1, -0.05) is 112 Å². The van der Waals surface area contributed by atoms with E-state index in [-0.39, 0.29) is 9.52 Å². The Morgan fingerprint density at radius 3 is 2.04 bits per heavy atom. The molecule has 0 bridgehead atoms. The first kappa shape index (κ1) is 19.8. The van der Waals surface area contributed by atoms with Crippen LogP contribution in [-0.2, 0) is 6.61 Å². The highest BCUT2D eigenvalue weighted by Gasteiger charge is 1.98.